The van der Waals surface area contributed by atoms with Gasteiger partial charge < -0.3 is 15.3 Å². The molecule has 0 unspecified atom stereocenters. The van der Waals surface area contributed by atoms with E-state index in [0.717, 1.165) is 32.1 Å². The Labute approximate surface area is 80.4 Å². The maximum absolute atomic E-state index is 8.88. The first-order valence-corrected chi connectivity index (χ1v) is 5.01. The van der Waals surface area contributed by atoms with Crippen molar-refractivity contribution in [2.75, 3.05) is 19.8 Å². The summed E-state index contributed by atoms with van der Waals surface area (Å²) in [6, 6.07) is 0. The van der Waals surface area contributed by atoms with Crippen molar-refractivity contribution in [3.8, 4) is 0 Å². The molecule has 3 heteroatoms. The second-order valence-corrected chi connectivity index (χ2v) is 3.94. The molecular formula is C10H22O3. The van der Waals surface area contributed by atoms with Gasteiger partial charge in [-0.25, -0.2) is 0 Å². The maximum Gasteiger partial charge on any atom is 0.0436 e. The molecule has 0 atom stereocenters. The summed E-state index contributed by atoms with van der Waals surface area (Å²) in [5, 5.41) is 26.3. The van der Waals surface area contributed by atoms with Crippen LogP contribution in [-0.4, -0.2) is 35.1 Å². The third kappa shape index (κ3) is 6.02. The Kier molecular flexibility index (Phi) is 7.23. The van der Waals surface area contributed by atoms with E-state index in [0.29, 0.717) is 0 Å². The minimum Gasteiger partial charge on any atom is -0.396 e. The summed E-state index contributed by atoms with van der Waals surface area (Å²) in [6.07, 6.45) is 4.16. The van der Waals surface area contributed by atoms with Crippen LogP contribution in [0.1, 0.15) is 39.0 Å². The number of hydrogen-bond acceptors (Lipinski definition) is 3. The second-order valence-electron chi connectivity index (χ2n) is 3.94. The van der Waals surface area contributed by atoms with Gasteiger partial charge >= 0.3 is 0 Å². The number of aliphatic hydroxyl groups excluding tert-OH is 3. The lowest BCUT2D eigenvalue weighted by molar-refractivity contribution is 0.145. The molecule has 0 saturated heterocycles. The summed E-state index contributed by atoms with van der Waals surface area (Å²) in [6.45, 7) is 2.71. The van der Waals surface area contributed by atoms with Crippen LogP contribution in [0.3, 0.4) is 0 Å². The van der Waals surface area contributed by atoms with Gasteiger partial charge in [0.2, 0.25) is 0 Å². The van der Waals surface area contributed by atoms with Crippen LogP contribution in [-0.2, 0) is 0 Å². The zero-order chi connectivity index (χ0) is 10.2. The van der Waals surface area contributed by atoms with Crippen LogP contribution in [0, 0.1) is 5.41 Å². The fraction of sp³-hybridized carbons (Fsp3) is 1.00. The van der Waals surface area contributed by atoms with Crippen LogP contribution in [0.15, 0.2) is 0 Å². The normalized spacial score (nSPS) is 12.0. The van der Waals surface area contributed by atoms with Gasteiger partial charge in [0.15, 0.2) is 0 Å². The highest BCUT2D eigenvalue weighted by molar-refractivity contribution is 4.73. The molecule has 0 spiro atoms. The van der Waals surface area contributed by atoms with Gasteiger partial charge in [-0.1, -0.05) is 6.92 Å². The van der Waals surface area contributed by atoms with E-state index in [1.165, 1.54) is 0 Å². The maximum atomic E-state index is 8.88. The summed E-state index contributed by atoms with van der Waals surface area (Å²) in [4.78, 5) is 0. The van der Waals surface area contributed by atoms with E-state index in [4.69, 9.17) is 15.3 Å². The van der Waals surface area contributed by atoms with Crippen molar-refractivity contribution in [2.24, 2.45) is 5.41 Å². The monoisotopic (exact) mass is 190 g/mol. The van der Waals surface area contributed by atoms with Crippen molar-refractivity contribution in [3.63, 3.8) is 0 Å². The lowest BCUT2D eigenvalue weighted by atomic mass is 9.78. The lowest BCUT2D eigenvalue weighted by Crippen LogP contribution is -2.19. The summed E-state index contributed by atoms with van der Waals surface area (Å²) >= 11 is 0. The lowest BCUT2D eigenvalue weighted by Gasteiger charge is -2.28. The molecule has 0 bridgehead atoms. The molecule has 0 aromatic rings. The van der Waals surface area contributed by atoms with E-state index in [1.807, 2.05) is 0 Å². The highest BCUT2D eigenvalue weighted by Gasteiger charge is 2.22. The molecule has 0 aromatic heterocycles. The predicted octanol–water partition coefficient (Wildman–Crippen LogP) is 0.920. The molecule has 13 heavy (non-hydrogen) atoms. The molecule has 80 valence electrons. The fourth-order valence-electron chi connectivity index (χ4n) is 1.66. The van der Waals surface area contributed by atoms with Gasteiger partial charge in [0.1, 0.15) is 0 Å². The Bertz CT molecular complexity index is 107. The first kappa shape index (κ1) is 12.9. The minimum absolute atomic E-state index is 0.0835. The van der Waals surface area contributed by atoms with E-state index in [9.17, 15) is 0 Å². The Balaban J connectivity index is 3.84. The molecule has 0 rings (SSSR count). The van der Waals surface area contributed by atoms with Crippen molar-refractivity contribution in [3.05, 3.63) is 0 Å². The van der Waals surface area contributed by atoms with Gasteiger partial charge in [-0.05, 0) is 37.5 Å². The van der Waals surface area contributed by atoms with Crippen molar-refractivity contribution in [1.29, 1.82) is 0 Å². The predicted molar refractivity (Wildman–Crippen MR) is 52.4 cm³/mol. The SMILES string of the molecule is CC(CCO)(CCCO)CCCO. The van der Waals surface area contributed by atoms with Gasteiger partial charge in [0, 0.05) is 19.8 Å². The van der Waals surface area contributed by atoms with Crippen molar-refractivity contribution >= 4 is 0 Å². The average Bonchev–Trinajstić information content (AvgIpc) is 2.12. The molecule has 0 aromatic carbocycles. The largest absolute Gasteiger partial charge is 0.396 e. The quantitative estimate of drug-likeness (QED) is 0.533. The van der Waals surface area contributed by atoms with Crippen molar-refractivity contribution < 1.29 is 15.3 Å². The van der Waals surface area contributed by atoms with Gasteiger partial charge in [-0.3, -0.25) is 0 Å². The molecule has 3 nitrogen and oxygen atoms in total. The molecule has 3 N–H and O–H groups in total. The first-order valence-electron chi connectivity index (χ1n) is 5.01. The summed E-state index contributed by atoms with van der Waals surface area (Å²) in [7, 11) is 0. The zero-order valence-corrected chi connectivity index (χ0v) is 8.50. The van der Waals surface area contributed by atoms with Crippen LogP contribution < -0.4 is 0 Å². The second kappa shape index (κ2) is 7.30. The Morgan fingerprint density at radius 3 is 1.54 bits per heavy atom. The standard InChI is InChI=1S/C10H22O3/c1-10(6-9-13,4-2-7-11)5-3-8-12/h11-13H,2-9H2,1H3. The van der Waals surface area contributed by atoms with Crippen molar-refractivity contribution in [2.45, 2.75) is 39.0 Å². The first-order chi connectivity index (χ1) is 6.18. The van der Waals surface area contributed by atoms with Crippen LogP contribution in [0.25, 0.3) is 0 Å². The Hall–Kier alpha value is -0.120. The van der Waals surface area contributed by atoms with E-state index >= 15 is 0 Å². The number of hydrogen-bond donors (Lipinski definition) is 3. The van der Waals surface area contributed by atoms with Gasteiger partial charge in [-0.15, -0.1) is 0 Å². The third-order valence-corrected chi connectivity index (χ3v) is 2.59. The topological polar surface area (TPSA) is 60.7 Å². The van der Waals surface area contributed by atoms with Crippen LogP contribution in [0.4, 0.5) is 0 Å². The molecule has 0 fully saturated rings. The highest BCUT2D eigenvalue weighted by Crippen LogP contribution is 2.32. The molecular weight excluding hydrogens is 168 g/mol. The van der Waals surface area contributed by atoms with Crippen LogP contribution in [0.2, 0.25) is 0 Å². The fourth-order valence-corrected chi connectivity index (χ4v) is 1.66. The molecule has 0 radical (unpaired) electrons. The third-order valence-electron chi connectivity index (χ3n) is 2.59. The van der Waals surface area contributed by atoms with E-state index in [2.05, 4.69) is 6.92 Å². The summed E-state index contributed by atoms with van der Waals surface area (Å²) in [5.74, 6) is 0. The number of aliphatic hydroxyl groups is 3. The minimum atomic E-state index is 0.0835. The molecule has 0 saturated carbocycles. The smallest absolute Gasteiger partial charge is 0.0436 e. The Morgan fingerprint density at radius 2 is 1.23 bits per heavy atom. The zero-order valence-electron chi connectivity index (χ0n) is 8.50. The van der Waals surface area contributed by atoms with Gasteiger partial charge in [0.25, 0.3) is 0 Å². The highest BCUT2D eigenvalue weighted by atomic mass is 16.3. The van der Waals surface area contributed by atoms with Crippen LogP contribution in [0.5, 0.6) is 0 Å². The summed E-state index contributed by atoms with van der Waals surface area (Å²) in [5.41, 5.74) is 0.0835. The van der Waals surface area contributed by atoms with Crippen molar-refractivity contribution in [1.82, 2.24) is 0 Å². The average molecular weight is 190 g/mol. The molecule has 0 heterocycles. The molecule has 0 aliphatic carbocycles. The Morgan fingerprint density at radius 1 is 0.769 bits per heavy atom. The van der Waals surface area contributed by atoms with Gasteiger partial charge in [-0.2, -0.15) is 0 Å². The number of rotatable bonds is 8. The van der Waals surface area contributed by atoms with E-state index in [1.54, 1.807) is 0 Å². The molecule has 0 aliphatic heterocycles. The van der Waals surface area contributed by atoms with Crippen LogP contribution >= 0.6 is 0 Å². The molecule has 0 aliphatic rings. The summed E-state index contributed by atoms with van der Waals surface area (Å²) < 4.78 is 0. The molecule has 0 amide bonds. The van der Waals surface area contributed by atoms with E-state index < -0.39 is 0 Å². The van der Waals surface area contributed by atoms with E-state index in [-0.39, 0.29) is 25.2 Å². The van der Waals surface area contributed by atoms with Gasteiger partial charge in [0.05, 0.1) is 0 Å².